The van der Waals surface area contributed by atoms with Gasteiger partial charge in [-0.1, -0.05) is 45.9 Å². The predicted octanol–water partition coefficient (Wildman–Crippen LogP) is 7.33. The summed E-state index contributed by atoms with van der Waals surface area (Å²) >= 11 is 0. The molecule has 0 N–H and O–H groups in total. The van der Waals surface area contributed by atoms with Gasteiger partial charge in [0.05, 0.1) is 0 Å². The molecule has 0 atom stereocenters. The highest BCUT2D eigenvalue weighted by Gasteiger charge is 2.49. The van der Waals surface area contributed by atoms with E-state index in [4.69, 9.17) is 0 Å². The monoisotopic (exact) mass is 471 g/mol. The van der Waals surface area contributed by atoms with E-state index in [1.54, 1.807) is 6.07 Å². The third-order valence-electron chi connectivity index (χ3n) is 7.84. The summed E-state index contributed by atoms with van der Waals surface area (Å²) in [5.41, 5.74) is 6.90. The van der Waals surface area contributed by atoms with Crippen LogP contribution in [0.25, 0.3) is 0 Å². The highest BCUT2D eigenvalue weighted by atomic mass is 19.1. The maximum absolute atomic E-state index is 14.4. The second-order valence-corrected chi connectivity index (χ2v) is 12.2. The van der Waals surface area contributed by atoms with Crippen molar-refractivity contribution in [2.45, 2.75) is 73.1 Å². The lowest BCUT2D eigenvalue weighted by molar-refractivity contribution is -0.119. The van der Waals surface area contributed by atoms with Gasteiger partial charge in [-0.25, -0.2) is 4.39 Å². The van der Waals surface area contributed by atoms with Gasteiger partial charge in [-0.3, -0.25) is 9.59 Å². The lowest BCUT2D eigenvalue weighted by Crippen LogP contribution is -2.44. The highest BCUT2D eigenvalue weighted by Crippen LogP contribution is 2.55. The quantitative estimate of drug-likeness (QED) is 0.460. The van der Waals surface area contributed by atoms with Crippen molar-refractivity contribution in [2.75, 3.05) is 4.90 Å². The van der Waals surface area contributed by atoms with Gasteiger partial charge in [0.2, 0.25) is 0 Å². The number of hydrogen-bond donors (Lipinski definition) is 0. The maximum atomic E-state index is 14.4. The van der Waals surface area contributed by atoms with Crippen LogP contribution >= 0.6 is 0 Å². The average Bonchev–Trinajstić information content (AvgIpc) is 2.73. The first-order valence-corrected chi connectivity index (χ1v) is 12.5. The number of carbonyl (C=O) groups is 2. The number of carbonyl (C=O) groups excluding carboxylic acids is 2. The maximum Gasteiger partial charge on any atom is 0.162 e. The fourth-order valence-electron chi connectivity index (χ4n) is 6.16. The molecule has 4 heteroatoms. The normalized spacial score (nSPS) is 21.9. The molecule has 2 aromatic carbocycles. The molecule has 182 valence electrons. The molecule has 35 heavy (non-hydrogen) atoms. The number of hydrogen-bond acceptors (Lipinski definition) is 3. The number of halogens is 1. The third kappa shape index (κ3) is 4.07. The second kappa shape index (κ2) is 8.01. The van der Waals surface area contributed by atoms with Crippen LogP contribution in [0.3, 0.4) is 0 Å². The fourth-order valence-corrected chi connectivity index (χ4v) is 6.16. The molecule has 0 fully saturated rings. The van der Waals surface area contributed by atoms with Gasteiger partial charge in [-0.2, -0.15) is 0 Å². The van der Waals surface area contributed by atoms with Crippen LogP contribution in [0.2, 0.25) is 0 Å². The first-order chi connectivity index (χ1) is 16.4. The number of allylic oxidation sites excluding steroid dienone is 4. The zero-order chi connectivity index (χ0) is 25.3. The number of ketones is 2. The Morgan fingerprint density at radius 3 is 1.86 bits per heavy atom. The van der Waals surface area contributed by atoms with Gasteiger partial charge in [0.25, 0.3) is 0 Å². The number of benzene rings is 2. The average molecular weight is 472 g/mol. The third-order valence-corrected chi connectivity index (χ3v) is 7.84. The number of rotatable bonds is 2. The van der Waals surface area contributed by atoms with E-state index in [2.05, 4.69) is 64.6 Å². The van der Waals surface area contributed by atoms with Crippen molar-refractivity contribution in [3.63, 3.8) is 0 Å². The number of aryl methyl sites for hydroxylation is 2. The van der Waals surface area contributed by atoms with Crippen molar-refractivity contribution in [3.8, 4) is 0 Å². The first-order valence-electron chi connectivity index (χ1n) is 12.5. The van der Waals surface area contributed by atoms with E-state index < -0.39 is 5.92 Å². The molecule has 0 radical (unpaired) electrons. The molecule has 2 aliphatic carbocycles. The van der Waals surface area contributed by atoms with Crippen molar-refractivity contribution in [1.82, 2.24) is 0 Å². The zero-order valence-corrected chi connectivity index (χ0v) is 21.6. The summed E-state index contributed by atoms with van der Waals surface area (Å²) in [7, 11) is 0. The second-order valence-electron chi connectivity index (χ2n) is 12.2. The molecule has 0 saturated heterocycles. The van der Waals surface area contributed by atoms with Crippen LogP contribution < -0.4 is 4.90 Å². The van der Waals surface area contributed by atoms with Crippen LogP contribution in [-0.2, 0) is 9.59 Å². The van der Waals surface area contributed by atoms with E-state index in [1.807, 2.05) is 6.07 Å². The molecule has 3 aliphatic rings. The largest absolute Gasteiger partial charge is 0.317 e. The van der Waals surface area contributed by atoms with Gasteiger partial charge in [0.15, 0.2) is 11.6 Å². The van der Waals surface area contributed by atoms with E-state index in [9.17, 15) is 14.0 Å². The number of Topliss-reactive ketones (excluding diaryl/α,β-unsaturated/α-hetero) is 2. The summed E-state index contributed by atoms with van der Waals surface area (Å²) in [4.78, 5) is 29.8. The lowest BCUT2D eigenvalue weighted by atomic mass is 9.63. The molecule has 0 amide bonds. The lowest BCUT2D eigenvalue weighted by Gasteiger charge is -2.49. The summed E-state index contributed by atoms with van der Waals surface area (Å²) in [6, 6.07) is 12.8. The van der Waals surface area contributed by atoms with Crippen LogP contribution in [-0.4, -0.2) is 11.6 Å². The van der Waals surface area contributed by atoms with Gasteiger partial charge < -0.3 is 4.90 Å². The Bertz CT molecular complexity index is 1270. The smallest absolute Gasteiger partial charge is 0.162 e. The minimum absolute atomic E-state index is 0.0588. The molecule has 0 aromatic heterocycles. The van der Waals surface area contributed by atoms with Crippen molar-refractivity contribution in [3.05, 3.63) is 87.5 Å². The molecular weight excluding hydrogens is 437 g/mol. The van der Waals surface area contributed by atoms with Crippen LogP contribution in [0.1, 0.15) is 76.0 Å². The zero-order valence-electron chi connectivity index (χ0n) is 21.6. The van der Waals surface area contributed by atoms with Crippen molar-refractivity contribution >= 4 is 17.3 Å². The summed E-state index contributed by atoms with van der Waals surface area (Å²) in [6.07, 6.45) is 2.28. The fraction of sp³-hybridized carbons (Fsp3) is 0.419. The molecule has 0 spiro atoms. The minimum atomic E-state index is -0.523. The van der Waals surface area contributed by atoms with Crippen molar-refractivity contribution in [1.29, 1.82) is 0 Å². The number of nitrogens with zero attached hydrogens (tertiary/aromatic N) is 1. The van der Waals surface area contributed by atoms with Crippen molar-refractivity contribution < 1.29 is 14.0 Å². The Hall–Kier alpha value is -3.01. The van der Waals surface area contributed by atoms with E-state index in [0.29, 0.717) is 29.6 Å². The Morgan fingerprint density at radius 1 is 0.771 bits per heavy atom. The summed E-state index contributed by atoms with van der Waals surface area (Å²) in [5.74, 6) is -0.756. The van der Waals surface area contributed by atoms with Gasteiger partial charge in [0, 0.05) is 47.0 Å². The molecular formula is C31H34FNO2. The van der Waals surface area contributed by atoms with E-state index in [0.717, 1.165) is 29.9 Å². The molecule has 0 unspecified atom stereocenters. The standard InChI is InChI=1S/C31H34FNO2/c1-18-10-11-22(12-19(18)2)33-23-14-30(3,4)16-25(34)28(23)27(20-8-7-9-21(32)13-20)29-24(33)15-31(5,6)17-26(29)35/h7-13,27H,14-17H2,1-6H3. The molecule has 3 nitrogen and oxygen atoms in total. The predicted molar refractivity (Wildman–Crippen MR) is 138 cm³/mol. The van der Waals surface area contributed by atoms with E-state index in [1.165, 1.54) is 23.3 Å². The number of anilines is 1. The minimum Gasteiger partial charge on any atom is -0.317 e. The Labute approximate surface area is 207 Å². The Balaban J connectivity index is 1.85. The SMILES string of the molecule is Cc1ccc(N2C3=C(C(=O)CC(C)(C)C3)C(c3cccc(F)c3)C3=C2CC(C)(C)CC3=O)cc1C. The first kappa shape index (κ1) is 23.7. The molecule has 2 aromatic rings. The molecule has 5 rings (SSSR count). The van der Waals surface area contributed by atoms with Gasteiger partial charge in [0.1, 0.15) is 5.82 Å². The van der Waals surface area contributed by atoms with Crippen LogP contribution in [0.5, 0.6) is 0 Å². The highest BCUT2D eigenvalue weighted by molar-refractivity contribution is 6.08. The van der Waals surface area contributed by atoms with Gasteiger partial charge >= 0.3 is 0 Å². The Morgan fingerprint density at radius 2 is 1.34 bits per heavy atom. The van der Waals surface area contributed by atoms with E-state index in [-0.39, 0.29) is 28.2 Å². The van der Waals surface area contributed by atoms with Crippen molar-refractivity contribution in [2.24, 2.45) is 10.8 Å². The van der Waals surface area contributed by atoms with Gasteiger partial charge in [-0.05, 0) is 78.5 Å². The van der Waals surface area contributed by atoms with Crippen LogP contribution in [0.15, 0.2) is 65.0 Å². The summed E-state index contributed by atoms with van der Waals surface area (Å²) in [6.45, 7) is 12.7. The molecule has 0 bridgehead atoms. The Kier molecular flexibility index (Phi) is 5.43. The van der Waals surface area contributed by atoms with Gasteiger partial charge in [-0.15, -0.1) is 0 Å². The summed E-state index contributed by atoms with van der Waals surface area (Å²) in [5, 5.41) is 0. The van der Waals surface area contributed by atoms with Crippen LogP contribution in [0.4, 0.5) is 10.1 Å². The van der Waals surface area contributed by atoms with Crippen LogP contribution in [0, 0.1) is 30.5 Å². The molecule has 1 heterocycles. The summed E-state index contributed by atoms with van der Waals surface area (Å²) < 4.78 is 14.4. The topological polar surface area (TPSA) is 37.4 Å². The molecule has 1 aliphatic heterocycles. The van der Waals surface area contributed by atoms with E-state index >= 15 is 0 Å². The molecule has 0 saturated carbocycles.